The van der Waals surface area contributed by atoms with E-state index >= 15 is 0 Å². The first-order valence-corrected chi connectivity index (χ1v) is 5.09. The Kier molecular flexibility index (Phi) is 3.05. The monoisotopic (exact) mass is 248 g/mol. The largest absolute Gasteiger partial charge is 0.507 e. The number of nitrogens with zero attached hydrogens (tertiary/aromatic N) is 1. The van der Waals surface area contributed by atoms with Crippen LogP contribution in [0.3, 0.4) is 0 Å². The molecule has 0 radical (unpaired) electrons. The van der Waals surface area contributed by atoms with Gasteiger partial charge in [0, 0.05) is 0 Å². The van der Waals surface area contributed by atoms with E-state index in [1.54, 1.807) is 6.07 Å². The number of amides is 1. The van der Waals surface area contributed by atoms with Gasteiger partial charge in [-0.15, -0.1) is 0 Å². The lowest BCUT2D eigenvalue weighted by molar-refractivity contribution is 0.102. The molecule has 0 aliphatic carbocycles. The number of anilines is 2. The van der Waals surface area contributed by atoms with E-state index in [9.17, 15) is 9.90 Å². The average Bonchev–Trinajstić information content (AvgIpc) is 2.75. The molecule has 0 saturated heterocycles. The van der Waals surface area contributed by atoms with Crippen molar-refractivity contribution in [3.05, 3.63) is 30.0 Å². The zero-order valence-electron chi connectivity index (χ0n) is 9.60. The quantitative estimate of drug-likeness (QED) is 0.646. The van der Waals surface area contributed by atoms with Gasteiger partial charge in [0.15, 0.2) is 5.82 Å². The third kappa shape index (κ3) is 2.19. The maximum Gasteiger partial charge on any atom is 0.260 e. The van der Waals surface area contributed by atoms with Crippen LogP contribution < -0.4 is 15.8 Å². The van der Waals surface area contributed by atoms with Gasteiger partial charge in [0.1, 0.15) is 11.5 Å². The molecular weight excluding hydrogens is 236 g/mol. The van der Waals surface area contributed by atoms with E-state index < -0.39 is 5.91 Å². The molecule has 0 aliphatic heterocycles. The van der Waals surface area contributed by atoms with Gasteiger partial charge in [0.05, 0.1) is 24.6 Å². The van der Waals surface area contributed by atoms with E-state index in [-0.39, 0.29) is 17.1 Å². The molecule has 1 aromatic carbocycles. The van der Waals surface area contributed by atoms with E-state index in [0.717, 1.165) is 0 Å². The van der Waals surface area contributed by atoms with Crippen LogP contribution in [-0.2, 0) is 0 Å². The standard InChI is InChI=1S/C11H12N4O3/c1-18-6-2-3-9(16)7(4-6)11(17)14-10-8(12)5-13-15-10/h2-5,16H,12H2,1H3,(H2,13,14,15,17). The number of hydrogen-bond donors (Lipinski definition) is 4. The number of carbonyl (C=O) groups excluding carboxylic acids is 1. The number of nitrogen functional groups attached to an aromatic ring is 1. The number of carbonyl (C=O) groups is 1. The maximum atomic E-state index is 11.9. The van der Waals surface area contributed by atoms with Crippen LogP contribution in [-0.4, -0.2) is 28.3 Å². The normalized spacial score (nSPS) is 10.1. The van der Waals surface area contributed by atoms with Crippen LogP contribution in [0.1, 0.15) is 10.4 Å². The minimum atomic E-state index is -0.512. The number of aromatic nitrogens is 2. The molecule has 18 heavy (non-hydrogen) atoms. The molecule has 1 aromatic heterocycles. The summed E-state index contributed by atoms with van der Waals surface area (Å²) in [6.07, 6.45) is 1.38. The van der Waals surface area contributed by atoms with E-state index in [1.165, 1.54) is 25.4 Å². The van der Waals surface area contributed by atoms with Crippen LogP contribution in [0.4, 0.5) is 11.5 Å². The van der Waals surface area contributed by atoms with Crippen LogP contribution in [0.2, 0.25) is 0 Å². The molecule has 2 aromatic rings. The number of rotatable bonds is 3. The molecule has 7 nitrogen and oxygen atoms in total. The lowest BCUT2D eigenvalue weighted by Crippen LogP contribution is -2.13. The first-order chi connectivity index (χ1) is 8.61. The van der Waals surface area contributed by atoms with Gasteiger partial charge < -0.3 is 20.9 Å². The Labute approximate surface area is 103 Å². The van der Waals surface area contributed by atoms with Gasteiger partial charge in [0.2, 0.25) is 0 Å². The highest BCUT2D eigenvalue weighted by Gasteiger charge is 2.14. The van der Waals surface area contributed by atoms with Crippen LogP contribution in [0.25, 0.3) is 0 Å². The van der Waals surface area contributed by atoms with Crippen molar-refractivity contribution >= 4 is 17.4 Å². The van der Waals surface area contributed by atoms with Crippen LogP contribution >= 0.6 is 0 Å². The molecule has 0 fully saturated rings. The first-order valence-electron chi connectivity index (χ1n) is 5.09. The molecule has 0 bridgehead atoms. The fourth-order valence-corrected chi connectivity index (χ4v) is 1.40. The zero-order valence-corrected chi connectivity index (χ0v) is 9.60. The van der Waals surface area contributed by atoms with Gasteiger partial charge in [0.25, 0.3) is 5.91 Å². The predicted octanol–water partition coefficient (Wildman–Crippen LogP) is 0.958. The Bertz CT molecular complexity index is 579. The summed E-state index contributed by atoms with van der Waals surface area (Å²) < 4.78 is 4.98. The number of ether oxygens (including phenoxy) is 1. The number of benzene rings is 1. The highest BCUT2D eigenvalue weighted by Crippen LogP contribution is 2.24. The number of hydrogen-bond acceptors (Lipinski definition) is 5. The van der Waals surface area contributed by atoms with Crippen molar-refractivity contribution < 1.29 is 14.6 Å². The molecule has 0 unspecified atom stereocenters. The maximum absolute atomic E-state index is 11.9. The molecule has 0 atom stereocenters. The molecule has 1 amide bonds. The number of H-pyrrole nitrogens is 1. The number of aromatic hydroxyl groups is 1. The molecule has 94 valence electrons. The highest BCUT2D eigenvalue weighted by atomic mass is 16.5. The molecule has 2 rings (SSSR count). The Morgan fingerprint density at radius 1 is 1.56 bits per heavy atom. The molecule has 0 spiro atoms. The summed E-state index contributed by atoms with van der Waals surface area (Å²) in [6, 6.07) is 4.36. The summed E-state index contributed by atoms with van der Waals surface area (Å²) in [6.45, 7) is 0. The Hall–Kier alpha value is -2.70. The second-order valence-electron chi connectivity index (χ2n) is 3.54. The van der Waals surface area contributed by atoms with Crippen LogP contribution in [0.15, 0.2) is 24.4 Å². The highest BCUT2D eigenvalue weighted by molar-refractivity contribution is 6.07. The van der Waals surface area contributed by atoms with Crippen molar-refractivity contribution in [1.29, 1.82) is 0 Å². The molecule has 7 heteroatoms. The van der Waals surface area contributed by atoms with Crippen LogP contribution in [0, 0.1) is 0 Å². The van der Waals surface area contributed by atoms with Crippen molar-refractivity contribution in [2.75, 3.05) is 18.2 Å². The number of phenolic OH excluding ortho intramolecular Hbond substituents is 1. The van der Waals surface area contributed by atoms with Gasteiger partial charge in [-0.3, -0.25) is 9.89 Å². The van der Waals surface area contributed by atoms with E-state index in [0.29, 0.717) is 11.4 Å². The topological polar surface area (TPSA) is 113 Å². The van der Waals surface area contributed by atoms with Crippen molar-refractivity contribution in [2.24, 2.45) is 0 Å². The van der Waals surface area contributed by atoms with Crippen molar-refractivity contribution in [3.8, 4) is 11.5 Å². The third-order valence-corrected chi connectivity index (χ3v) is 2.36. The molecule has 0 saturated carbocycles. The van der Waals surface area contributed by atoms with E-state index in [4.69, 9.17) is 10.5 Å². The second-order valence-corrected chi connectivity index (χ2v) is 3.54. The number of methoxy groups -OCH3 is 1. The Morgan fingerprint density at radius 3 is 2.94 bits per heavy atom. The van der Waals surface area contributed by atoms with E-state index in [2.05, 4.69) is 15.5 Å². The Morgan fingerprint density at radius 2 is 2.33 bits per heavy atom. The SMILES string of the molecule is COc1ccc(O)c(C(=O)Nc2[nH]ncc2N)c1. The third-order valence-electron chi connectivity index (χ3n) is 2.36. The number of phenols is 1. The second kappa shape index (κ2) is 4.66. The number of aromatic amines is 1. The molecule has 0 aliphatic rings. The predicted molar refractivity (Wildman–Crippen MR) is 65.6 cm³/mol. The summed E-state index contributed by atoms with van der Waals surface area (Å²) in [5.41, 5.74) is 5.96. The van der Waals surface area contributed by atoms with Crippen molar-refractivity contribution in [1.82, 2.24) is 10.2 Å². The van der Waals surface area contributed by atoms with Gasteiger partial charge in [-0.1, -0.05) is 0 Å². The fourth-order valence-electron chi connectivity index (χ4n) is 1.40. The average molecular weight is 248 g/mol. The lowest BCUT2D eigenvalue weighted by Gasteiger charge is -2.07. The Balaban J connectivity index is 2.26. The molecular formula is C11H12N4O3. The van der Waals surface area contributed by atoms with Gasteiger partial charge in [-0.25, -0.2) is 0 Å². The minimum absolute atomic E-state index is 0.0864. The summed E-state index contributed by atoms with van der Waals surface area (Å²) in [7, 11) is 1.47. The fraction of sp³-hybridized carbons (Fsp3) is 0.0909. The summed E-state index contributed by atoms with van der Waals surface area (Å²) in [5.74, 6) is 0.0893. The van der Waals surface area contributed by atoms with Crippen molar-refractivity contribution in [3.63, 3.8) is 0 Å². The van der Waals surface area contributed by atoms with Crippen molar-refractivity contribution in [2.45, 2.75) is 0 Å². The van der Waals surface area contributed by atoms with Crippen LogP contribution in [0.5, 0.6) is 11.5 Å². The summed E-state index contributed by atoms with van der Waals surface area (Å²) in [5, 5.41) is 18.3. The molecule has 5 N–H and O–H groups in total. The summed E-state index contributed by atoms with van der Waals surface area (Å²) in [4.78, 5) is 11.9. The minimum Gasteiger partial charge on any atom is -0.507 e. The summed E-state index contributed by atoms with van der Waals surface area (Å²) >= 11 is 0. The molecule has 1 heterocycles. The van der Waals surface area contributed by atoms with Gasteiger partial charge >= 0.3 is 0 Å². The number of nitrogens with one attached hydrogen (secondary N) is 2. The number of nitrogens with two attached hydrogens (primary N) is 1. The smallest absolute Gasteiger partial charge is 0.260 e. The zero-order chi connectivity index (χ0) is 13.1. The lowest BCUT2D eigenvalue weighted by atomic mass is 10.1. The first kappa shape index (κ1) is 11.8. The van der Waals surface area contributed by atoms with Gasteiger partial charge in [-0.2, -0.15) is 5.10 Å². The van der Waals surface area contributed by atoms with Gasteiger partial charge in [-0.05, 0) is 18.2 Å². The van der Waals surface area contributed by atoms with E-state index in [1.807, 2.05) is 0 Å².